The molecule has 4 rings (SSSR count). The smallest absolute Gasteiger partial charge is 0.248 e. The third-order valence-corrected chi connectivity index (χ3v) is 7.12. The van der Waals surface area contributed by atoms with Crippen molar-refractivity contribution in [3.8, 4) is 34.4 Å². The van der Waals surface area contributed by atoms with Crippen molar-refractivity contribution in [3.63, 3.8) is 0 Å². The van der Waals surface area contributed by atoms with Gasteiger partial charge < -0.3 is 13.9 Å². The van der Waals surface area contributed by atoms with Gasteiger partial charge in [-0.15, -0.1) is 10.2 Å². The Bertz CT molecular complexity index is 1180. The van der Waals surface area contributed by atoms with Gasteiger partial charge in [-0.25, -0.2) is 13.1 Å². The van der Waals surface area contributed by atoms with E-state index in [1.807, 2.05) is 0 Å². The fourth-order valence-electron chi connectivity index (χ4n) is 3.77. The summed E-state index contributed by atoms with van der Waals surface area (Å²) in [5, 5.41) is 8.23. The molecule has 1 aromatic heterocycles. The zero-order valence-corrected chi connectivity index (χ0v) is 18.5. The number of hydrogen-bond donors (Lipinski definition) is 1. The van der Waals surface area contributed by atoms with Gasteiger partial charge in [0.1, 0.15) is 0 Å². The molecule has 0 unspecified atom stereocenters. The van der Waals surface area contributed by atoms with Gasteiger partial charge in [-0.3, -0.25) is 0 Å². The molecule has 1 saturated carbocycles. The highest BCUT2D eigenvalue weighted by Gasteiger charge is 2.25. The number of nitrogens with one attached hydrogen (secondary N) is 1. The molecular weight excluding hydrogens is 418 g/mol. The second-order valence-corrected chi connectivity index (χ2v) is 9.25. The molecule has 8 nitrogen and oxygen atoms in total. The monoisotopic (exact) mass is 443 g/mol. The highest BCUT2D eigenvalue weighted by molar-refractivity contribution is 7.89. The van der Waals surface area contributed by atoms with Gasteiger partial charge in [-0.1, -0.05) is 18.9 Å². The molecule has 0 atom stereocenters. The number of hydrogen-bond acceptors (Lipinski definition) is 7. The molecule has 3 aromatic rings. The highest BCUT2D eigenvalue weighted by Crippen LogP contribution is 2.33. The summed E-state index contributed by atoms with van der Waals surface area (Å²) in [7, 11) is -0.524. The van der Waals surface area contributed by atoms with Crippen LogP contribution in [0.5, 0.6) is 11.5 Å². The topological polar surface area (TPSA) is 104 Å². The van der Waals surface area contributed by atoms with Crippen LogP contribution in [0.25, 0.3) is 22.9 Å². The first-order valence-corrected chi connectivity index (χ1v) is 11.6. The molecule has 1 aliphatic rings. The average Bonchev–Trinajstić information content (AvgIpc) is 3.45. The summed E-state index contributed by atoms with van der Waals surface area (Å²) in [6.07, 6.45) is 3.84. The summed E-state index contributed by atoms with van der Waals surface area (Å²) in [6, 6.07) is 10.4. The van der Waals surface area contributed by atoms with Crippen molar-refractivity contribution in [2.75, 3.05) is 14.2 Å². The Kier molecular flexibility index (Phi) is 5.97. The predicted molar refractivity (Wildman–Crippen MR) is 116 cm³/mol. The zero-order chi connectivity index (χ0) is 22.0. The molecule has 0 amide bonds. The van der Waals surface area contributed by atoms with Crippen molar-refractivity contribution < 1.29 is 22.3 Å². The maximum Gasteiger partial charge on any atom is 0.248 e. The number of sulfonamides is 1. The van der Waals surface area contributed by atoms with E-state index in [2.05, 4.69) is 14.9 Å². The molecule has 1 N–H and O–H groups in total. The summed E-state index contributed by atoms with van der Waals surface area (Å²) in [5.74, 6) is 1.67. The van der Waals surface area contributed by atoms with Crippen molar-refractivity contribution in [1.29, 1.82) is 0 Å². The van der Waals surface area contributed by atoms with Gasteiger partial charge >= 0.3 is 0 Å². The molecular formula is C22H25N3O5S. The van der Waals surface area contributed by atoms with E-state index in [-0.39, 0.29) is 16.8 Å². The fraction of sp³-hybridized carbons (Fsp3) is 0.364. The normalized spacial score (nSPS) is 14.7. The summed E-state index contributed by atoms with van der Waals surface area (Å²) in [4.78, 5) is 0.225. The van der Waals surface area contributed by atoms with E-state index in [0.717, 1.165) is 25.7 Å². The molecule has 31 heavy (non-hydrogen) atoms. The quantitative estimate of drug-likeness (QED) is 0.590. The summed E-state index contributed by atoms with van der Waals surface area (Å²) < 4.78 is 45.1. The van der Waals surface area contributed by atoms with Crippen LogP contribution >= 0.6 is 0 Å². The van der Waals surface area contributed by atoms with E-state index >= 15 is 0 Å². The van der Waals surface area contributed by atoms with Crippen LogP contribution in [0, 0.1) is 6.92 Å². The number of methoxy groups -OCH3 is 2. The third kappa shape index (κ3) is 4.42. The van der Waals surface area contributed by atoms with Gasteiger partial charge in [0.15, 0.2) is 11.5 Å². The van der Waals surface area contributed by atoms with Gasteiger partial charge in [0.05, 0.1) is 19.1 Å². The molecule has 164 valence electrons. The first-order chi connectivity index (χ1) is 14.9. The Morgan fingerprint density at radius 2 is 1.55 bits per heavy atom. The third-order valence-electron chi connectivity index (χ3n) is 5.46. The Morgan fingerprint density at radius 1 is 0.935 bits per heavy atom. The van der Waals surface area contributed by atoms with Gasteiger partial charge in [-0.2, -0.15) is 0 Å². The standard InChI is InChI=1S/C22H25N3O5S/c1-14-8-9-16(13-20(14)31(26,27)25-17-6-4-5-7-17)22-24-23-21(30-22)15-10-11-18(28-2)19(12-15)29-3/h8-13,17,25H,4-7H2,1-3H3. The number of rotatable bonds is 7. The van der Waals surface area contributed by atoms with E-state index < -0.39 is 10.0 Å². The minimum absolute atomic E-state index is 0.00637. The molecule has 1 aliphatic carbocycles. The molecule has 2 aromatic carbocycles. The van der Waals surface area contributed by atoms with Crippen molar-refractivity contribution in [2.45, 2.75) is 43.5 Å². The molecule has 0 radical (unpaired) electrons. The minimum Gasteiger partial charge on any atom is -0.493 e. The Hall–Kier alpha value is -2.91. The van der Waals surface area contributed by atoms with E-state index in [0.29, 0.717) is 34.1 Å². The van der Waals surface area contributed by atoms with Crippen molar-refractivity contribution in [2.24, 2.45) is 0 Å². The van der Waals surface area contributed by atoms with Gasteiger partial charge in [-0.05, 0) is 55.7 Å². The first-order valence-electron chi connectivity index (χ1n) is 10.1. The molecule has 0 spiro atoms. The maximum atomic E-state index is 12.9. The maximum absolute atomic E-state index is 12.9. The lowest BCUT2D eigenvalue weighted by atomic mass is 10.1. The summed E-state index contributed by atoms with van der Waals surface area (Å²) in [6.45, 7) is 1.77. The molecule has 9 heteroatoms. The first kappa shape index (κ1) is 21.3. The van der Waals surface area contributed by atoms with Gasteiger partial charge in [0, 0.05) is 17.2 Å². The summed E-state index contributed by atoms with van der Waals surface area (Å²) >= 11 is 0. The summed E-state index contributed by atoms with van der Waals surface area (Å²) in [5.41, 5.74) is 1.87. The average molecular weight is 444 g/mol. The number of aromatic nitrogens is 2. The SMILES string of the molecule is COc1ccc(-c2nnc(-c3ccc(C)c(S(=O)(=O)NC4CCCC4)c3)o2)cc1OC. The van der Waals surface area contributed by atoms with Crippen LogP contribution in [-0.4, -0.2) is 38.9 Å². The Morgan fingerprint density at radius 3 is 2.19 bits per heavy atom. The number of benzene rings is 2. The Labute approximate surface area is 181 Å². The fourth-order valence-corrected chi connectivity index (χ4v) is 5.35. The van der Waals surface area contributed by atoms with Crippen LogP contribution in [0.3, 0.4) is 0 Å². The second kappa shape index (κ2) is 8.68. The van der Waals surface area contributed by atoms with Crippen LogP contribution in [0.1, 0.15) is 31.2 Å². The van der Waals surface area contributed by atoms with Crippen LogP contribution in [0.4, 0.5) is 0 Å². The van der Waals surface area contributed by atoms with Crippen LogP contribution in [0.15, 0.2) is 45.7 Å². The molecule has 1 fully saturated rings. The molecule has 0 aliphatic heterocycles. The van der Waals surface area contributed by atoms with Crippen LogP contribution in [-0.2, 0) is 10.0 Å². The van der Waals surface area contributed by atoms with Crippen molar-refractivity contribution in [1.82, 2.24) is 14.9 Å². The van der Waals surface area contributed by atoms with Gasteiger partial charge in [0.2, 0.25) is 21.8 Å². The Balaban J connectivity index is 1.64. The molecule has 0 bridgehead atoms. The van der Waals surface area contributed by atoms with Crippen LogP contribution < -0.4 is 14.2 Å². The zero-order valence-electron chi connectivity index (χ0n) is 17.7. The van der Waals surface area contributed by atoms with E-state index in [1.165, 1.54) is 0 Å². The van der Waals surface area contributed by atoms with Crippen LogP contribution in [0.2, 0.25) is 0 Å². The van der Waals surface area contributed by atoms with Crippen molar-refractivity contribution >= 4 is 10.0 Å². The minimum atomic E-state index is -3.64. The van der Waals surface area contributed by atoms with E-state index in [1.54, 1.807) is 57.5 Å². The van der Waals surface area contributed by atoms with Crippen molar-refractivity contribution in [3.05, 3.63) is 42.0 Å². The predicted octanol–water partition coefficient (Wildman–Crippen LogP) is 3.95. The molecule has 0 saturated heterocycles. The largest absolute Gasteiger partial charge is 0.493 e. The number of nitrogens with zero attached hydrogens (tertiary/aromatic N) is 2. The lowest BCUT2D eigenvalue weighted by Gasteiger charge is -2.14. The van der Waals surface area contributed by atoms with E-state index in [9.17, 15) is 8.42 Å². The lowest BCUT2D eigenvalue weighted by Crippen LogP contribution is -2.33. The van der Waals surface area contributed by atoms with Gasteiger partial charge in [0.25, 0.3) is 0 Å². The molecule has 1 heterocycles. The van der Waals surface area contributed by atoms with E-state index in [4.69, 9.17) is 13.9 Å². The lowest BCUT2D eigenvalue weighted by molar-refractivity contribution is 0.355. The number of aryl methyl sites for hydroxylation is 1. The number of ether oxygens (including phenoxy) is 2. The second-order valence-electron chi connectivity index (χ2n) is 7.57. The highest BCUT2D eigenvalue weighted by atomic mass is 32.2.